The predicted molar refractivity (Wildman–Crippen MR) is 86.6 cm³/mol. The molecular weight excluding hydrogens is 260 g/mol. The molecule has 1 saturated carbocycles. The van der Waals surface area contributed by atoms with Crippen LogP contribution in [0.1, 0.15) is 35.3 Å². The number of rotatable bonds is 6. The van der Waals surface area contributed by atoms with Gasteiger partial charge in [0.1, 0.15) is 5.76 Å². The number of furan rings is 1. The van der Waals surface area contributed by atoms with Crippen molar-refractivity contribution in [2.45, 2.75) is 45.8 Å². The summed E-state index contributed by atoms with van der Waals surface area (Å²) in [6, 6.07) is 9.51. The van der Waals surface area contributed by atoms with E-state index in [0.717, 1.165) is 24.9 Å². The highest BCUT2D eigenvalue weighted by molar-refractivity contribution is 5.55. The highest BCUT2D eigenvalue weighted by Crippen LogP contribution is 2.25. The summed E-state index contributed by atoms with van der Waals surface area (Å²) < 4.78 is 5.40. The van der Waals surface area contributed by atoms with Crippen LogP contribution in [0.15, 0.2) is 34.9 Å². The molecule has 0 aliphatic heterocycles. The summed E-state index contributed by atoms with van der Waals surface area (Å²) in [4.78, 5) is 2.31. The Hall–Kier alpha value is -1.74. The topological polar surface area (TPSA) is 28.4 Å². The number of aryl methyl sites for hydroxylation is 2. The second kappa shape index (κ2) is 5.94. The summed E-state index contributed by atoms with van der Waals surface area (Å²) in [7, 11) is 2.15. The maximum Gasteiger partial charge on any atom is 0.105 e. The van der Waals surface area contributed by atoms with Crippen LogP contribution in [-0.4, -0.2) is 13.1 Å². The van der Waals surface area contributed by atoms with Gasteiger partial charge < -0.3 is 14.6 Å². The Balaban J connectivity index is 1.77. The second-order valence-electron chi connectivity index (χ2n) is 6.15. The van der Waals surface area contributed by atoms with E-state index in [1.54, 1.807) is 6.26 Å². The lowest BCUT2D eigenvalue weighted by atomic mass is 10.1. The largest absolute Gasteiger partial charge is 0.469 e. The molecule has 1 aliphatic carbocycles. The van der Waals surface area contributed by atoms with Crippen molar-refractivity contribution in [3.8, 4) is 0 Å². The number of benzene rings is 1. The summed E-state index contributed by atoms with van der Waals surface area (Å²) in [5, 5.41) is 3.62. The number of nitrogens with one attached hydrogen (secondary N) is 1. The van der Waals surface area contributed by atoms with E-state index in [1.165, 1.54) is 35.2 Å². The highest BCUT2D eigenvalue weighted by Gasteiger charge is 2.21. The first-order valence-corrected chi connectivity index (χ1v) is 7.70. The third-order valence-corrected chi connectivity index (χ3v) is 4.18. The molecule has 0 bridgehead atoms. The van der Waals surface area contributed by atoms with E-state index in [0.29, 0.717) is 0 Å². The van der Waals surface area contributed by atoms with E-state index in [-0.39, 0.29) is 0 Å². The molecule has 1 aromatic heterocycles. The molecule has 1 N–H and O–H groups in total. The van der Waals surface area contributed by atoms with Crippen molar-refractivity contribution in [3.05, 3.63) is 53.0 Å². The van der Waals surface area contributed by atoms with Gasteiger partial charge in [0.25, 0.3) is 0 Å². The van der Waals surface area contributed by atoms with E-state index in [9.17, 15) is 0 Å². The number of hydrogen-bond acceptors (Lipinski definition) is 3. The number of nitrogens with zero attached hydrogens (tertiary/aromatic N) is 1. The minimum Gasteiger partial charge on any atom is -0.469 e. The minimum absolute atomic E-state index is 0.736. The molecule has 0 radical (unpaired) electrons. The SMILES string of the molecule is Cc1ccc(N(C)Cc2ccoc2C)c(CNC2CC2)c1. The molecule has 0 saturated heterocycles. The Kier molecular flexibility index (Phi) is 4.02. The third kappa shape index (κ3) is 3.48. The highest BCUT2D eigenvalue weighted by atomic mass is 16.3. The summed E-state index contributed by atoms with van der Waals surface area (Å²) in [5.41, 5.74) is 5.25. The van der Waals surface area contributed by atoms with Crippen LogP contribution in [0.5, 0.6) is 0 Å². The van der Waals surface area contributed by atoms with Gasteiger partial charge in [0.15, 0.2) is 0 Å². The van der Waals surface area contributed by atoms with Gasteiger partial charge in [-0.3, -0.25) is 0 Å². The smallest absolute Gasteiger partial charge is 0.105 e. The summed E-state index contributed by atoms with van der Waals surface area (Å²) in [6.07, 6.45) is 4.42. The fourth-order valence-corrected chi connectivity index (χ4v) is 2.69. The average molecular weight is 284 g/mol. The monoisotopic (exact) mass is 284 g/mol. The van der Waals surface area contributed by atoms with Crippen molar-refractivity contribution in [2.75, 3.05) is 11.9 Å². The lowest BCUT2D eigenvalue weighted by Crippen LogP contribution is -2.21. The van der Waals surface area contributed by atoms with Gasteiger partial charge in [0.2, 0.25) is 0 Å². The van der Waals surface area contributed by atoms with Crippen molar-refractivity contribution < 1.29 is 4.42 Å². The molecule has 21 heavy (non-hydrogen) atoms. The average Bonchev–Trinajstić information content (AvgIpc) is 3.20. The van der Waals surface area contributed by atoms with E-state index in [1.807, 2.05) is 6.92 Å². The molecule has 0 atom stereocenters. The van der Waals surface area contributed by atoms with E-state index >= 15 is 0 Å². The first-order valence-electron chi connectivity index (χ1n) is 7.70. The molecule has 1 heterocycles. The first kappa shape index (κ1) is 14.2. The molecule has 1 fully saturated rings. The fraction of sp³-hybridized carbons (Fsp3) is 0.444. The standard InChI is InChI=1S/C18H24N2O/c1-13-4-7-18(16(10-13)11-19-17-5-6-17)20(3)12-15-8-9-21-14(15)2/h4,7-10,17,19H,5-6,11-12H2,1-3H3. The molecule has 1 aliphatic rings. The normalized spacial score (nSPS) is 14.4. The molecule has 3 rings (SSSR count). The maximum absolute atomic E-state index is 5.40. The fourth-order valence-electron chi connectivity index (χ4n) is 2.69. The van der Waals surface area contributed by atoms with Crippen molar-refractivity contribution in [3.63, 3.8) is 0 Å². The second-order valence-corrected chi connectivity index (χ2v) is 6.15. The molecule has 1 aromatic carbocycles. The Morgan fingerprint density at radius 3 is 2.67 bits per heavy atom. The van der Waals surface area contributed by atoms with Gasteiger partial charge in [-0.1, -0.05) is 17.7 Å². The molecule has 0 unspecified atom stereocenters. The summed E-state index contributed by atoms with van der Waals surface area (Å²) in [5.74, 6) is 1.01. The molecule has 0 spiro atoms. The van der Waals surface area contributed by atoms with Crippen LogP contribution in [0, 0.1) is 13.8 Å². The van der Waals surface area contributed by atoms with Crippen LogP contribution in [0.3, 0.4) is 0 Å². The van der Waals surface area contributed by atoms with Crippen LogP contribution in [0.2, 0.25) is 0 Å². The Morgan fingerprint density at radius 1 is 1.19 bits per heavy atom. The van der Waals surface area contributed by atoms with Gasteiger partial charge in [0.05, 0.1) is 6.26 Å². The zero-order valence-corrected chi connectivity index (χ0v) is 13.1. The zero-order chi connectivity index (χ0) is 14.8. The lowest BCUT2D eigenvalue weighted by molar-refractivity contribution is 0.529. The van der Waals surface area contributed by atoms with Gasteiger partial charge in [-0.25, -0.2) is 0 Å². The Morgan fingerprint density at radius 2 is 2.00 bits per heavy atom. The lowest BCUT2D eigenvalue weighted by Gasteiger charge is -2.23. The molecular formula is C18H24N2O. The minimum atomic E-state index is 0.736. The molecule has 0 amide bonds. The van der Waals surface area contributed by atoms with Gasteiger partial charge in [-0.05, 0) is 44.4 Å². The quantitative estimate of drug-likeness (QED) is 0.875. The van der Waals surface area contributed by atoms with Crippen LogP contribution < -0.4 is 10.2 Å². The van der Waals surface area contributed by atoms with Crippen molar-refractivity contribution in [2.24, 2.45) is 0 Å². The van der Waals surface area contributed by atoms with Crippen molar-refractivity contribution in [1.29, 1.82) is 0 Å². The first-order chi connectivity index (χ1) is 10.1. The Bertz CT molecular complexity index is 613. The van der Waals surface area contributed by atoms with Crippen LogP contribution in [0.4, 0.5) is 5.69 Å². The molecule has 3 nitrogen and oxygen atoms in total. The van der Waals surface area contributed by atoms with E-state index in [4.69, 9.17) is 4.42 Å². The van der Waals surface area contributed by atoms with Gasteiger partial charge >= 0.3 is 0 Å². The van der Waals surface area contributed by atoms with E-state index < -0.39 is 0 Å². The molecule has 3 heteroatoms. The van der Waals surface area contributed by atoms with E-state index in [2.05, 4.69) is 48.5 Å². The van der Waals surface area contributed by atoms with Crippen LogP contribution >= 0.6 is 0 Å². The predicted octanol–water partition coefficient (Wildman–Crippen LogP) is 3.78. The van der Waals surface area contributed by atoms with Gasteiger partial charge in [-0.15, -0.1) is 0 Å². The molecule has 2 aromatic rings. The van der Waals surface area contributed by atoms with Gasteiger partial charge in [0, 0.05) is 37.4 Å². The maximum atomic E-state index is 5.40. The van der Waals surface area contributed by atoms with Gasteiger partial charge in [-0.2, -0.15) is 0 Å². The van der Waals surface area contributed by atoms with Crippen molar-refractivity contribution in [1.82, 2.24) is 5.32 Å². The molecule has 112 valence electrons. The number of anilines is 1. The summed E-state index contributed by atoms with van der Waals surface area (Å²) >= 11 is 0. The third-order valence-electron chi connectivity index (χ3n) is 4.18. The summed E-state index contributed by atoms with van der Waals surface area (Å²) in [6.45, 7) is 6.01. The number of hydrogen-bond donors (Lipinski definition) is 1. The Labute approximate surface area is 127 Å². The van der Waals surface area contributed by atoms with Crippen LogP contribution in [0.25, 0.3) is 0 Å². The van der Waals surface area contributed by atoms with Crippen molar-refractivity contribution >= 4 is 5.69 Å². The zero-order valence-electron chi connectivity index (χ0n) is 13.1. The van der Waals surface area contributed by atoms with Crippen LogP contribution in [-0.2, 0) is 13.1 Å².